The Morgan fingerprint density at radius 3 is 2.45 bits per heavy atom. The van der Waals surface area contributed by atoms with Crippen molar-refractivity contribution < 1.29 is 9.61 Å². The number of nitro benzene ring substituents is 1. The molecule has 0 bridgehead atoms. The van der Waals surface area contributed by atoms with Gasteiger partial charge in [0.15, 0.2) is 11.9 Å². The molecule has 0 fully saturated rings. The molecule has 0 saturated carbocycles. The average Bonchev–Trinajstić information content (AvgIpc) is 2.89. The highest BCUT2D eigenvalue weighted by Crippen LogP contribution is 2.20. The van der Waals surface area contributed by atoms with Crippen LogP contribution >= 0.6 is 0 Å². The van der Waals surface area contributed by atoms with Gasteiger partial charge >= 0.3 is 0 Å². The van der Waals surface area contributed by atoms with Crippen LogP contribution in [0, 0.1) is 10.1 Å². The lowest BCUT2D eigenvalue weighted by Gasteiger charge is -1.95. The molecule has 0 unspecified atom stereocenters. The van der Waals surface area contributed by atoms with Crippen LogP contribution in [-0.4, -0.2) is 14.8 Å². The molecule has 0 amide bonds. The number of aryl methyl sites for hydroxylation is 1. The number of hydrogen-bond donors (Lipinski definition) is 0. The SMILES string of the molecule is Cn1n[n+](Cc2ccccc2)cc1-c1ccc([N+](=O)[O-])cc1. The lowest BCUT2D eigenvalue weighted by atomic mass is 10.1. The Labute approximate surface area is 127 Å². The van der Waals surface area contributed by atoms with Gasteiger partial charge in [0.2, 0.25) is 0 Å². The van der Waals surface area contributed by atoms with Gasteiger partial charge in [0, 0.05) is 17.7 Å². The van der Waals surface area contributed by atoms with Gasteiger partial charge in [-0.15, -0.1) is 9.36 Å². The fraction of sp³-hybridized carbons (Fsp3) is 0.125. The van der Waals surface area contributed by atoms with Crippen LogP contribution in [0.15, 0.2) is 60.8 Å². The highest BCUT2D eigenvalue weighted by molar-refractivity contribution is 5.59. The zero-order chi connectivity index (χ0) is 15.5. The fourth-order valence-electron chi connectivity index (χ4n) is 2.33. The van der Waals surface area contributed by atoms with Crippen molar-refractivity contribution in [2.45, 2.75) is 6.54 Å². The van der Waals surface area contributed by atoms with Gasteiger partial charge in [-0.25, -0.2) is 0 Å². The van der Waals surface area contributed by atoms with Crippen molar-refractivity contribution in [3.63, 3.8) is 0 Å². The molecule has 0 aliphatic heterocycles. The van der Waals surface area contributed by atoms with Crippen molar-refractivity contribution >= 4 is 5.69 Å². The summed E-state index contributed by atoms with van der Waals surface area (Å²) >= 11 is 0. The van der Waals surface area contributed by atoms with E-state index < -0.39 is 4.92 Å². The van der Waals surface area contributed by atoms with E-state index in [4.69, 9.17) is 0 Å². The van der Waals surface area contributed by atoms with E-state index in [9.17, 15) is 10.1 Å². The minimum absolute atomic E-state index is 0.0862. The number of aromatic nitrogens is 3. The van der Waals surface area contributed by atoms with E-state index in [1.54, 1.807) is 16.8 Å². The molecule has 0 N–H and O–H groups in total. The van der Waals surface area contributed by atoms with Crippen LogP contribution in [0.5, 0.6) is 0 Å². The maximum Gasteiger partial charge on any atom is 0.269 e. The van der Waals surface area contributed by atoms with Crippen molar-refractivity contribution in [2.75, 3.05) is 0 Å². The molecule has 6 nitrogen and oxygen atoms in total. The monoisotopic (exact) mass is 295 g/mol. The van der Waals surface area contributed by atoms with Crippen molar-refractivity contribution in [1.29, 1.82) is 0 Å². The predicted octanol–water partition coefficient (Wildman–Crippen LogP) is 2.33. The molecule has 110 valence electrons. The number of hydrogen-bond acceptors (Lipinski definition) is 3. The van der Waals surface area contributed by atoms with Crippen LogP contribution in [0.25, 0.3) is 11.3 Å². The van der Waals surface area contributed by atoms with E-state index in [2.05, 4.69) is 5.21 Å². The van der Waals surface area contributed by atoms with Gasteiger partial charge in [-0.1, -0.05) is 30.3 Å². The summed E-state index contributed by atoms with van der Waals surface area (Å²) in [6.45, 7) is 0.682. The summed E-state index contributed by atoms with van der Waals surface area (Å²) in [6.07, 6.45) is 1.94. The van der Waals surface area contributed by atoms with Crippen LogP contribution in [-0.2, 0) is 13.6 Å². The Morgan fingerprint density at radius 2 is 1.82 bits per heavy atom. The second-order valence-corrected chi connectivity index (χ2v) is 5.01. The second-order valence-electron chi connectivity index (χ2n) is 5.01. The lowest BCUT2D eigenvalue weighted by molar-refractivity contribution is -0.747. The number of non-ortho nitro benzene ring substituents is 1. The average molecular weight is 295 g/mol. The quantitative estimate of drug-likeness (QED) is 0.421. The zero-order valence-corrected chi connectivity index (χ0v) is 12.1. The van der Waals surface area contributed by atoms with Gasteiger partial charge in [0.1, 0.15) is 13.6 Å². The first kappa shape index (κ1) is 13.9. The maximum absolute atomic E-state index is 10.7. The lowest BCUT2D eigenvalue weighted by Crippen LogP contribution is -2.36. The summed E-state index contributed by atoms with van der Waals surface area (Å²) < 4.78 is 3.62. The highest BCUT2D eigenvalue weighted by atomic mass is 16.6. The molecule has 0 spiro atoms. The molecule has 0 atom stereocenters. The van der Waals surface area contributed by atoms with Crippen molar-refractivity contribution in [2.24, 2.45) is 7.05 Å². The Balaban J connectivity index is 1.87. The topological polar surface area (TPSA) is 64.8 Å². The molecule has 3 aromatic rings. The van der Waals surface area contributed by atoms with E-state index in [1.807, 2.05) is 48.3 Å². The summed E-state index contributed by atoms with van der Waals surface area (Å²) in [4.78, 5) is 10.3. The molecule has 6 heteroatoms. The Kier molecular flexibility index (Phi) is 3.65. The summed E-state index contributed by atoms with van der Waals surface area (Å²) in [5, 5.41) is 15.1. The summed E-state index contributed by atoms with van der Waals surface area (Å²) in [5.41, 5.74) is 3.06. The first-order valence-electron chi connectivity index (χ1n) is 6.86. The molecule has 0 saturated heterocycles. The van der Waals surface area contributed by atoms with Crippen LogP contribution in [0.1, 0.15) is 5.56 Å². The minimum atomic E-state index is -0.400. The second kappa shape index (κ2) is 5.77. The third kappa shape index (κ3) is 2.85. The van der Waals surface area contributed by atoms with Gasteiger partial charge in [-0.3, -0.25) is 10.1 Å². The molecule has 0 radical (unpaired) electrons. The zero-order valence-electron chi connectivity index (χ0n) is 12.1. The molecular formula is C16H15N4O2+. The van der Waals surface area contributed by atoms with Gasteiger partial charge < -0.3 is 0 Å². The molecule has 2 aromatic carbocycles. The molecule has 1 aromatic heterocycles. The Hall–Kier alpha value is -3.02. The number of nitrogens with zero attached hydrogens (tertiary/aromatic N) is 4. The minimum Gasteiger partial charge on any atom is -0.258 e. The fourth-order valence-corrected chi connectivity index (χ4v) is 2.33. The van der Waals surface area contributed by atoms with Crippen LogP contribution < -0.4 is 4.68 Å². The first-order chi connectivity index (χ1) is 10.6. The smallest absolute Gasteiger partial charge is 0.258 e. The molecule has 3 rings (SSSR count). The molecule has 0 aliphatic rings. The third-order valence-electron chi connectivity index (χ3n) is 3.43. The third-order valence-corrected chi connectivity index (χ3v) is 3.43. The van der Waals surface area contributed by atoms with Crippen LogP contribution in [0.4, 0.5) is 5.69 Å². The van der Waals surface area contributed by atoms with Crippen molar-refractivity contribution in [1.82, 2.24) is 9.90 Å². The van der Waals surface area contributed by atoms with E-state index >= 15 is 0 Å². The standard InChI is InChI=1S/C16H15N4O2/c1-18-16(14-7-9-15(10-8-14)20(21)22)12-19(17-18)11-13-5-3-2-4-6-13/h2-10,12H,11H2,1H3/q+1. The van der Waals surface area contributed by atoms with E-state index in [0.29, 0.717) is 6.54 Å². The van der Waals surface area contributed by atoms with Crippen LogP contribution in [0.2, 0.25) is 0 Å². The largest absolute Gasteiger partial charge is 0.269 e. The predicted molar refractivity (Wildman–Crippen MR) is 81.0 cm³/mol. The van der Waals surface area contributed by atoms with Gasteiger partial charge in [-0.05, 0) is 17.7 Å². The molecule has 0 aliphatic carbocycles. The number of nitro groups is 1. The molecule has 22 heavy (non-hydrogen) atoms. The van der Waals surface area contributed by atoms with E-state index in [-0.39, 0.29) is 5.69 Å². The van der Waals surface area contributed by atoms with E-state index in [1.165, 1.54) is 17.7 Å². The van der Waals surface area contributed by atoms with Crippen LogP contribution in [0.3, 0.4) is 0 Å². The Morgan fingerprint density at radius 1 is 1.14 bits per heavy atom. The first-order valence-corrected chi connectivity index (χ1v) is 6.86. The maximum atomic E-state index is 10.7. The van der Waals surface area contributed by atoms with Gasteiger partial charge in [-0.2, -0.15) is 0 Å². The van der Waals surface area contributed by atoms with E-state index in [0.717, 1.165) is 11.3 Å². The molecular weight excluding hydrogens is 280 g/mol. The number of rotatable bonds is 4. The summed E-state index contributed by atoms with van der Waals surface area (Å²) in [7, 11) is 1.86. The Bertz CT molecular complexity index is 795. The summed E-state index contributed by atoms with van der Waals surface area (Å²) in [5.74, 6) is 0. The normalized spacial score (nSPS) is 10.6. The van der Waals surface area contributed by atoms with Gasteiger partial charge in [0.25, 0.3) is 5.69 Å². The summed E-state index contributed by atoms with van der Waals surface area (Å²) in [6, 6.07) is 16.6. The van der Waals surface area contributed by atoms with Gasteiger partial charge in [0.05, 0.1) is 10.1 Å². The number of benzene rings is 2. The molecule has 1 heterocycles. The highest BCUT2D eigenvalue weighted by Gasteiger charge is 2.16. The van der Waals surface area contributed by atoms with Crippen molar-refractivity contribution in [3.05, 3.63) is 76.5 Å². The van der Waals surface area contributed by atoms with Crippen molar-refractivity contribution in [3.8, 4) is 11.3 Å².